The van der Waals surface area contributed by atoms with Crippen LogP contribution in [0.3, 0.4) is 0 Å². The summed E-state index contributed by atoms with van der Waals surface area (Å²) in [6, 6.07) is 3.40. The van der Waals surface area contributed by atoms with Crippen molar-refractivity contribution < 1.29 is 18.1 Å². The molecule has 10 heteroatoms. The summed E-state index contributed by atoms with van der Waals surface area (Å²) in [4.78, 5) is 20.5. The topological polar surface area (TPSA) is 144 Å². The highest BCUT2D eigenvalue weighted by Gasteiger charge is 2.20. The second-order valence-corrected chi connectivity index (χ2v) is 5.89. The SMILES string of the molecule is CNc1cc([N+](=O)[O-])ccc1S(=O)(=O)NCCCC(N)=O. The molecule has 0 fully saturated rings. The van der Waals surface area contributed by atoms with Crippen LogP contribution in [0.15, 0.2) is 23.1 Å². The normalized spacial score (nSPS) is 11.1. The van der Waals surface area contributed by atoms with Crippen LogP contribution in [-0.2, 0) is 14.8 Å². The summed E-state index contributed by atoms with van der Waals surface area (Å²) in [5.74, 6) is -0.513. The van der Waals surface area contributed by atoms with E-state index >= 15 is 0 Å². The molecule has 0 bridgehead atoms. The zero-order chi connectivity index (χ0) is 16.0. The first-order valence-corrected chi connectivity index (χ1v) is 7.50. The van der Waals surface area contributed by atoms with Crippen LogP contribution in [0.1, 0.15) is 12.8 Å². The van der Waals surface area contributed by atoms with Gasteiger partial charge in [0.1, 0.15) is 4.90 Å². The van der Waals surface area contributed by atoms with Crippen LogP contribution in [-0.4, -0.2) is 32.8 Å². The fraction of sp³-hybridized carbons (Fsp3) is 0.364. The highest BCUT2D eigenvalue weighted by Crippen LogP contribution is 2.25. The Balaban J connectivity index is 2.92. The van der Waals surface area contributed by atoms with Crippen molar-refractivity contribution in [1.82, 2.24) is 4.72 Å². The van der Waals surface area contributed by atoms with E-state index in [0.29, 0.717) is 0 Å². The number of anilines is 1. The lowest BCUT2D eigenvalue weighted by Gasteiger charge is -2.10. The highest BCUT2D eigenvalue weighted by atomic mass is 32.2. The van der Waals surface area contributed by atoms with Gasteiger partial charge in [0.2, 0.25) is 15.9 Å². The van der Waals surface area contributed by atoms with Crippen molar-refractivity contribution in [3.05, 3.63) is 28.3 Å². The van der Waals surface area contributed by atoms with Crippen LogP contribution >= 0.6 is 0 Å². The van der Waals surface area contributed by atoms with E-state index < -0.39 is 20.9 Å². The van der Waals surface area contributed by atoms with Crippen LogP contribution in [0, 0.1) is 10.1 Å². The molecule has 1 aromatic carbocycles. The third kappa shape index (κ3) is 4.68. The van der Waals surface area contributed by atoms with E-state index in [1.807, 2.05) is 0 Å². The zero-order valence-corrected chi connectivity index (χ0v) is 12.1. The zero-order valence-electron chi connectivity index (χ0n) is 11.3. The quantitative estimate of drug-likeness (QED) is 0.354. The number of nitro groups is 1. The number of carbonyl (C=O) groups is 1. The molecule has 0 aliphatic rings. The fourth-order valence-corrected chi connectivity index (χ4v) is 2.87. The maximum absolute atomic E-state index is 12.1. The Labute approximate surface area is 121 Å². The van der Waals surface area contributed by atoms with Crippen molar-refractivity contribution in [2.75, 3.05) is 18.9 Å². The molecule has 1 amide bonds. The number of nitro benzene ring substituents is 1. The first-order valence-electron chi connectivity index (χ1n) is 6.02. The van der Waals surface area contributed by atoms with Crippen molar-refractivity contribution >= 4 is 27.3 Å². The van der Waals surface area contributed by atoms with Gasteiger partial charge in [0.05, 0.1) is 10.6 Å². The Kier molecular flexibility index (Phi) is 5.61. The van der Waals surface area contributed by atoms with Crippen LogP contribution < -0.4 is 15.8 Å². The number of nitrogens with two attached hydrogens (primary N) is 1. The largest absolute Gasteiger partial charge is 0.387 e. The molecular weight excluding hydrogens is 300 g/mol. The summed E-state index contributed by atoms with van der Waals surface area (Å²) in [7, 11) is -2.37. The van der Waals surface area contributed by atoms with Crippen molar-refractivity contribution in [1.29, 1.82) is 0 Å². The van der Waals surface area contributed by atoms with Crippen LogP contribution in [0.25, 0.3) is 0 Å². The third-order valence-electron chi connectivity index (χ3n) is 2.62. The van der Waals surface area contributed by atoms with Crippen LogP contribution in [0.4, 0.5) is 11.4 Å². The Morgan fingerprint density at radius 3 is 2.62 bits per heavy atom. The second kappa shape index (κ2) is 6.99. The van der Waals surface area contributed by atoms with E-state index in [1.54, 1.807) is 0 Å². The number of benzene rings is 1. The molecule has 0 saturated heterocycles. The summed E-state index contributed by atoms with van der Waals surface area (Å²) >= 11 is 0. The van der Waals surface area contributed by atoms with E-state index in [0.717, 1.165) is 18.2 Å². The van der Waals surface area contributed by atoms with Gasteiger partial charge in [-0.05, 0) is 12.5 Å². The van der Waals surface area contributed by atoms with Gasteiger partial charge in [-0.25, -0.2) is 13.1 Å². The summed E-state index contributed by atoms with van der Waals surface area (Å²) in [6.45, 7) is 0.0470. The van der Waals surface area contributed by atoms with Gasteiger partial charge in [-0.2, -0.15) is 0 Å². The van der Waals surface area contributed by atoms with E-state index in [-0.39, 0.29) is 35.7 Å². The highest BCUT2D eigenvalue weighted by molar-refractivity contribution is 7.89. The van der Waals surface area contributed by atoms with Gasteiger partial charge in [0.25, 0.3) is 5.69 Å². The third-order valence-corrected chi connectivity index (χ3v) is 4.14. The molecule has 116 valence electrons. The van der Waals surface area contributed by atoms with Crippen molar-refractivity contribution in [3.63, 3.8) is 0 Å². The molecule has 4 N–H and O–H groups in total. The summed E-state index contributed by atoms with van der Waals surface area (Å²) < 4.78 is 26.5. The number of hydrogen-bond acceptors (Lipinski definition) is 6. The fourth-order valence-electron chi connectivity index (χ4n) is 1.61. The molecule has 0 heterocycles. The van der Waals surface area contributed by atoms with Gasteiger partial charge in [-0.15, -0.1) is 0 Å². The molecule has 0 spiro atoms. The minimum atomic E-state index is -3.83. The second-order valence-electron chi connectivity index (χ2n) is 4.16. The molecule has 0 aliphatic carbocycles. The first kappa shape index (κ1) is 16.9. The maximum Gasteiger partial charge on any atom is 0.271 e. The van der Waals surface area contributed by atoms with Gasteiger partial charge in [-0.1, -0.05) is 0 Å². The smallest absolute Gasteiger partial charge is 0.271 e. The lowest BCUT2D eigenvalue weighted by Crippen LogP contribution is -2.26. The number of hydrogen-bond donors (Lipinski definition) is 3. The lowest BCUT2D eigenvalue weighted by atomic mass is 10.3. The predicted octanol–water partition coefficient (Wildman–Crippen LogP) is 0.180. The summed E-state index contributed by atoms with van der Waals surface area (Å²) in [5.41, 5.74) is 4.86. The Morgan fingerprint density at radius 2 is 2.10 bits per heavy atom. The van der Waals surface area contributed by atoms with Gasteiger partial charge < -0.3 is 11.1 Å². The molecular formula is C11H16N4O5S. The van der Waals surface area contributed by atoms with Crippen LogP contribution in [0.2, 0.25) is 0 Å². The number of rotatable bonds is 8. The van der Waals surface area contributed by atoms with E-state index in [1.165, 1.54) is 7.05 Å². The number of amides is 1. The molecule has 1 rings (SSSR count). The summed E-state index contributed by atoms with van der Waals surface area (Å²) in [5, 5.41) is 13.3. The molecule has 0 saturated carbocycles. The molecule has 0 radical (unpaired) electrons. The number of sulfonamides is 1. The number of nitrogens with one attached hydrogen (secondary N) is 2. The number of primary amides is 1. The van der Waals surface area contributed by atoms with E-state index in [9.17, 15) is 23.3 Å². The minimum Gasteiger partial charge on any atom is -0.387 e. The van der Waals surface area contributed by atoms with Gasteiger partial charge in [0, 0.05) is 32.1 Å². The van der Waals surface area contributed by atoms with Crippen LogP contribution in [0.5, 0.6) is 0 Å². The Hall–Kier alpha value is -2.20. The van der Waals surface area contributed by atoms with Crippen molar-refractivity contribution in [3.8, 4) is 0 Å². The molecule has 0 unspecified atom stereocenters. The minimum absolute atomic E-state index is 0.0470. The molecule has 0 atom stereocenters. The molecule has 1 aromatic rings. The van der Waals surface area contributed by atoms with Gasteiger partial charge in [-0.3, -0.25) is 14.9 Å². The average molecular weight is 316 g/mol. The molecule has 0 aromatic heterocycles. The van der Waals surface area contributed by atoms with Gasteiger partial charge in [0.15, 0.2) is 0 Å². The lowest BCUT2D eigenvalue weighted by molar-refractivity contribution is -0.384. The van der Waals surface area contributed by atoms with Gasteiger partial charge >= 0.3 is 0 Å². The number of nitrogens with zero attached hydrogens (tertiary/aromatic N) is 1. The maximum atomic E-state index is 12.1. The van der Waals surface area contributed by atoms with E-state index in [2.05, 4.69) is 10.0 Å². The van der Waals surface area contributed by atoms with Crippen molar-refractivity contribution in [2.45, 2.75) is 17.7 Å². The van der Waals surface area contributed by atoms with E-state index in [4.69, 9.17) is 5.73 Å². The molecule has 21 heavy (non-hydrogen) atoms. The number of carbonyl (C=O) groups excluding carboxylic acids is 1. The predicted molar refractivity (Wildman–Crippen MR) is 76.3 cm³/mol. The monoisotopic (exact) mass is 316 g/mol. The summed E-state index contributed by atoms with van der Waals surface area (Å²) in [6.07, 6.45) is 0.345. The Bertz CT molecular complexity index is 644. The number of non-ortho nitro benzene ring substituents is 1. The standard InChI is InChI=1S/C11H16N4O5S/c1-13-9-7-8(15(17)18)4-5-10(9)21(19,20)14-6-2-3-11(12)16/h4-5,7,13-14H,2-3,6H2,1H3,(H2,12,16). The molecule has 0 aliphatic heterocycles. The molecule has 9 nitrogen and oxygen atoms in total. The van der Waals surface area contributed by atoms with Crippen molar-refractivity contribution in [2.24, 2.45) is 5.73 Å². The first-order chi connectivity index (χ1) is 9.77. The average Bonchev–Trinajstić information content (AvgIpc) is 2.42. The Morgan fingerprint density at radius 1 is 1.43 bits per heavy atom.